The topological polar surface area (TPSA) is 49.6 Å². The van der Waals surface area contributed by atoms with Crippen LogP contribution in [0.1, 0.15) is 28.9 Å². The zero-order chi connectivity index (χ0) is 15.1. The Morgan fingerprint density at radius 1 is 1.45 bits per heavy atom. The molecule has 5 heteroatoms. The summed E-state index contributed by atoms with van der Waals surface area (Å²) in [5.74, 6) is 3.22. The predicted molar refractivity (Wildman–Crippen MR) is 83.5 cm³/mol. The minimum Gasteiger partial charge on any atom is -0.348 e. The second-order valence-corrected chi connectivity index (χ2v) is 6.27. The van der Waals surface area contributed by atoms with Gasteiger partial charge in [0.05, 0.1) is 0 Å². The van der Waals surface area contributed by atoms with E-state index in [0.29, 0.717) is 16.9 Å². The molecule has 2 aliphatic heterocycles. The van der Waals surface area contributed by atoms with E-state index in [1.54, 1.807) is 12.3 Å². The van der Waals surface area contributed by atoms with E-state index >= 15 is 0 Å². The first-order chi connectivity index (χ1) is 10.7. The molecule has 3 atom stereocenters. The van der Waals surface area contributed by atoms with Crippen LogP contribution in [0.3, 0.4) is 0 Å². The standard InChI is InChI=1S/C17H18N4O/c1-2-14-11-21-6-4-13(8-16(21)18-14)17(22)19-15-7-12-3-5-20(9-12)10-15/h1,4,6,8,11-12,15H,3,5,7,9-10H2,(H,19,22)/t12?,15-/m1/s1. The first-order valence-electron chi connectivity index (χ1n) is 7.70. The van der Waals surface area contributed by atoms with Crippen LogP contribution in [0.15, 0.2) is 24.5 Å². The molecule has 2 saturated heterocycles. The van der Waals surface area contributed by atoms with Gasteiger partial charge in [-0.05, 0) is 43.4 Å². The van der Waals surface area contributed by atoms with Gasteiger partial charge < -0.3 is 14.6 Å². The molecule has 1 N–H and O–H groups in total. The number of fused-ring (bicyclic) bond motifs is 3. The maximum absolute atomic E-state index is 12.5. The molecule has 112 valence electrons. The Balaban J connectivity index is 1.51. The third-order valence-electron chi connectivity index (χ3n) is 4.67. The van der Waals surface area contributed by atoms with Crippen molar-refractivity contribution in [2.24, 2.45) is 5.92 Å². The molecule has 2 bridgehead atoms. The molecule has 4 rings (SSSR count). The smallest absolute Gasteiger partial charge is 0.251 e. The lowest BCUT2D eigenvalue weighted by Crippen LogP contribution is -2.47. The third-order valence-corrected chi connectivity index (χ3v) is 4.67. The number of hydrogen-bond donors (Lipinski definition) is 1. The predicted octanol–water partition coefficient (Wildman–Crippen LogP) is 1.14. The normalized spacial score (nSPS) is 26.8. The van der Waals surface area contributed by atoms with E-state index in [2.05, 4.69) is 21.1 Å². The van der Waals surface area contributed by atoms with Crippen LogP contribution in [0, 0.1) is 18.3 Å². The molecule has 0 aliphatic carbocycles. The van der Waals surface area contributed by atoms with E-state index in [1.807, 2.05) is 16.7 Å². The molecule has 4 heterocycles. The number of terminal acetylenes is 1. The Labute approximate surface area is 129 Å². The number of imidazole rings is 1. The Hall–Kier alpha value is -2.32. The van der Waals surface area contributed by atoms with Crippen molar-refractivity contribution in [3.05, 3.63) is 35.8 Å². The zero-order valence-electron chi connectivity index (χ0n) is 12.3. The van der Waals surface area contributed by atoms with Gasteiger partial charge in [0.2, 0.25) is 0 Å². The molecular formula is C17H18N4O. The Bertz CT molecular complexity index is 761. The number of rotatable bonds is 2. The van der Waals surface area contributed by atoms with Gasteiger partial charge in [0.1, 0.15) is 11.3 Å². The zero-order valence-corrected chi connectivity index (χ0v) is 12.3. The van der Waals surface area contributed by atoms with Crippen LogP contribution in [0.2, 0.25) is 0 Å². The van der Waals surface area contributed by atoms with Gasteiger partial charge in [0, 0.05) is 37.1 Å². The lowest BCUT2D eigenvalue weighted by atomic mass is 9.96. The van der Waals surface area contributed by atoms with Crippen LogP contribution in [0.4, 0.5) is 0 Å². The quantitative estimate of drug-likeness (QED) is 0.845. The van der Waals surface area contributed by atoms with Crippen molar-refractivity contribution in [1.29, 1.82) is 0 Å². The molecule has 22 heavy (non-hydrogen) atoms. The third kappa shape index (κ3) is 2.36. The first-order valence-corrected chi connectivity index (χ1v) is 7.70. The van der Waals surface area contributed by atoms with Crippen LogP contribution in [-0.2, 0) is 0 Å². The number of amides is 1. The maximum Gasteiger partial charge on any atom is 0.251 e. The summed E-state index contributed by atoms with van der Waals surface area (Å²) in [6, 6.07) is 3.85. The van der Waals surface area contributed by atoms with E-state index in [1.165, 1.54) is 19.5 Å². The molecule has 2 unspecified atom stereocenters. The molecule has 0 radical (unpaired) electrons. The summed E-state index contributed by atoms with van der Waals surface area (Å²) in [5.41, 5.74) is 1.91. The number of pyridine rings is 1. The number of nitrogens with zero attached hydrogens (tertiary/aromatic N) is 3. The largest absolute Gasteiger partial charge is 0.348 e. The van der Waals surface area contributed by atoms with E-state index in [4.69, 9.17) is 6.42 Å². The van der Waals surface area contributed by atoms with Crippen molar-refractivity contribution >= 4 is 11.6 Å². The van der Waals surface area contributed by atoms with Gasteiger partial charge in [-0.15, -0.1) is 6.42 Å². The highest BCUT2D eigenvalue weighted by Gasteiger charge is 2.32. The van der Waals surface area contributed by atoms with Crippen molar-refractivity contribution in [3.8, 4) is 12.3 Å². The summed E-state index contributed by atoms with van der Waals surface area (Å²) in [6.07, 6.45) is 11.3. The van der Waals surface area contributed by atoms with Gasteiger partial charge in [0.15, 0.2) is 0 Å². The van der Waals surface area contributed by atoms with Crippen molar-refractivity contribution < 1.29 is 4.79 Å². The summed E-state index contributed by atoms with van der Waals surface area (Å²) in [5, 5.41) is 3.16. The summed E-state index contributed by atoms with van der Waals surface area (Å²) < 4.78 is 1.83. The van der Waals surface area contributed by atoms with Gasteiger partial charge in [-0.25, -0.2) is 4.98 Å². The van der Waals surface area contributed by atoms with E-state index in [0.717, 1.165) is 18.9 Å². The van der Waals surface area contributed by atoms with Gasteiger partial charge in [-0.1, -0.05) is 0 Å². The van der Waals surface area contributed by atoms with E-state index < -0.39 is 0 Å². The van der Waals surface area contributed by atoms with Crippen LogP contribution in [0.5, 0.6) is 0 Å². The average Bonchev–Trinajstić information content (AvgIpc) is 3.09. The summed E-state index contributed by atoms with van der Waals surface area (Å²) in [7, 11) is 0. The lowest BCUT2D eigenvalue weighted by Gasteiger charge is -2.30. The monoisotopic (exact) mass is 294 g/mol. The molecule has 0 aromatic carbocycles. The molecule has 2 aromatic heterocycles. The number of aromatic nitrogens is 2. The van der Waals surface area contributed by atoms with E-state index in [-0.39, 0.29) is 11.9 Å². The molecule has 1 amide bonds. The molecule has 0 saturated carbocycles. The maximum atomic E-state index is 12.5. The van der Waals surface area contributed by atoms with Gasteiger partial charge in [-0.3, -0.25) is 4.79 Å². The Morgan fingerprint density at radius 3 is 3.18 bits per heavy atom. The fraction of sp³-hybridized carbons (Fsp3) is 0.412. The second kappa shape index (κ2) is 5.15. The summed E-state index contributed by atoms with van der Waals surface area (Å²) >= 11 is 0. The van der Waals surface area contributed by atoms with Crippen LogP contribution in [0.25, 0.3) is 5.65 Å². The molecule has 0 spiro atoms. The van der Waals surface area contributed by atoms with Crippen LogP contribution in [-0.4, -0.2) is 45.9 Å². The minimum atomic E-state index is -0.0275. The fourth-order valence-electron chi connectivity index (χ4n) is 3.63. The molecule has 2 fully saturated rings. The first kappa shape index (κ1) is 13.4. The van der Waals surface area contributed by atoms with Crippen molar-refractivity contribution in [2.75, 3.05) is 19.6 Å². The minimum absolute atomic E-state index is 0.0275. The highest BCUT2D eigenvalue weighted by atomic mass is 16.1. The number of nitrogens with one attached hydrogen (secondary N) is 1. The van der Waals surface area contributed by atoms with Crippen LogP contribution < -0.4 is 5.32 Å². The number of hydrogen-bond acceptors (Lipinski definition) is 3. The molecule has 2 aliphatic rings. The summed E-state index contributed by atoms with van der Waals surface area (Å²) in [6.45, 7) is 3.34. The van der Waals surface area contributed by atoms with Gasteiger partial charge >= 0.3 is 0 Å². The molecular weight excluding hydrogens is 276 g/mol. The summed E-state index contributed by atoms with van der Waals surface area (Å²) in [4.78, 5) is 19.2. The average molecular weight is 294 g/mol. The SMILES string of the molecule is C#Cc1cn2ccc(C(=O)N[C@@H]3CC4CCN(C4)C3)cc2n1. The van der Waals surface area contributed by atoms with E-state index in [9.17, 15) is 4.79 Å². The van der Waals surface area contributed by atoms with Crippen LogP contribution >= 0.6 is 0 Å². The Kier molecular flexibility index (Phi) is 3.12. The fourth-order valence-corrected chi connectivity index (χ4v) is 3.63. The molecule has 5 nitrogen and oxygen atoms in total. The van der Waals surface area contributed by atoms with Crippen molar-refractivity contribution in [1.82, 2.24) is 19.6 Å². The van der Waals surface area contributed by atoms with Crippen molar-refractivity contribution in [2.45, 2.75) is 18.9 Å². The number of carbonyl (C=O) groups excluding carboxylic acids is 1. The van der Waals surface area contributed by atoms with Crippen molar-refractivity contribution in [3.63, 3.8) is 0 Å². The highest BCUT2D eigenvalue weighted by Crippen LogP contribution is 2.26. The highest BCUT2D eigenvalue weighted by molar-refractivity contribution is 5.95. The Morgan fingerprint density at radius 2 is 2.36 bits per heavy atom. The van der Waals surface area contributed by atoms with Gasteiger partial charge in [-0.2, -0.15) is 0 Å². The lowest BCUT2D eigenvalue weighted by molar-refractivity contribution is 0.0909. The van der Waals surface area contributed by atoms with Gasteiger partial charge in [0.25, 0.3) is 5.91 Å². The molecule has 2 aromatic rings. The second-order valence-electron chi connectivity index (χ2n) is 6.27. The number of piperidine rings is 1. The number of carbonyl (C=O) groups is 1.